The van der Waals surface area contributed by atoms with Crippen molar-refractivity contribution in [2.45, 2.75) is 39.3 Å². The minimum absolute atomic E-state index is 0.867. The van der Waals surface area contributed by atoms with Crippen LogP contribution in [0.15, 0.2) is 18.5 Å². The Morgan fingerprint density at radius 2 is 2.25 bits per heavy atom. The van der Waals surface area contributed by atoms with Crippen LogP contribution >= 0.6 is 0 Å². The molecule has 0 spiro atoms. The third kappa shape index (κ3) is 5.33. The lowest BCUT2D eigenvalue weighted by molar-refractivity contribution is 0.191. The van der Waals surface area contributed by atoms with Gasteiger partial charge in [-0.2, -0.15) is 0 Å². The summed E-state index contributed by atoms with van der Waals surface area (Å²) in [5.74, 6) is 0. The predicted octanol–water partition coefficient (Wildman–Crippen LogP) is 2.41. The van der Waals surface area contributed by atoms with Crippen molar-refractivity contribution < 1.29 is 4.74 Å². The zero-order valence-corrected chi connectivity index (χ0v) is 10.5. The van der Waals surface area contributed by atoms with Gasteiger partial charge in [-0.15, -0.1) is 0 Å². The Labute approximate surface area is 98.8 Å². The SMILES string of the molecule is CCCNCc1ccn(CCCCOC)c1. The standard InChI is InChI=1S/C13H24N2O/c1-3-7-14-11-13-6-9-15(12-13)8-4-5-10-16-2/h6,9,12,14H,3-5,7-8,10-11H2,1-2H3. The van der Waals surface area contributed by atoms with Gasteiger partial charge < -0.3 is 14.6 Å². The summed E-state index contributed by atoms with van der Waals surface area (Å²) in [5.41, 5.74) is 1.38. The van der Waals surface area contributed by atoms with Crippen molar-refractivity contribution in [1.29, 1.82) is 0 Å². The molecule has 0 atom stereocenters. The van der Waals surface area contributed by atoms with Crippen LogP contribution in [0.2, 0.25) is 0 Å². The number of aryl methyl sites for hydroxylation is 1. The summed E-state index contributed by atoms with van der Waals surface area (Å²) in [6.45, 7) is 6.23. The van der Waals surface area contributed by atoms with Crippen LogP contribution in [0.4, 0.5) is 0 Å². The maximum absolute atomic E-state index is 5.03. The van der Waals surface area contributed by atoms with E-state index in [4.69, 9.17) is 4.74 Å². The molecule has 0 amide bonds. The van der Waals surface area contributed by atoms with Crippen LogP contribution in [0.1, 0.15) is 31.7 Å². The number of nitrogens with zero attached hydrogens (tertiary/aromatic N) is 1. The first-order valence-electron chi connectivity index (χ1n) is 6.21. The number of rotatable bonds is 9. The van der Waals surface area contributed by atoms with E-state index in [1.165, 1.54) is 18.4 Å². The smallest absolute Gasteiger partial charge is 0.0462 e. The molecule has 0 fully saturated rings. The molecule has 0 saturated carbocycles. The molecule has 0 saturated heterocycles. The van der Waals surface area contributed by atoms with Gasteiger partial charge in [0.1, 0.15) is 0 Å². The Morgan fingerprint density at radius 1 is 1.38 bits per heavy atom. The molecule has 16 heavy (non-hydrogen) atoms. The van der Waals surface area contributed by atoms with E-state index in [1.807, 2.05) is 0 Å². The van der Waals surface area contributed by atoms with Gasteiger partial charge in [0.05, 0.1) is 0 Å². The molecule has 1 N–H and O–H groups in total. The fraction of sp³-hybridized carbons (Fsp3) is 0.692. The van der Waals surface area contributed by atoms with Gasteiger partial charge in [-0.25, -0.2) is 0 Å². The van der Waals surface area contributed by atoms with Gasteiger partial charge in [-0.1, -0.05) is 6.92 Å². The summed E-state index contributed by atoms with van der Waals surface area (Å²) in [6.07, 6.45) is 7.91. The molecule has 1 heterocycles. The first kappa shape index (κ1) is 13.3. The van der Waals surface area contributed by atoms with E-state index in [2.05, 4.69) is 35.3 Å². The van der Waals surface area contributed by atoms with Crippen LogP contribution in [0, 0.1) is 0 Å². The van der Waals surface area contributed by atoms with Crippen LogP contribution in [0.25, 0.3) is 0 Å². The Bertz CT molecular complexity index is 271. The number of unbranched alkanes of at least 4 members (excludes halogenated alkanes) is 1. The number of methoxy groups -OCH3 is 1. The highest BCUT2D eigenvalue weighted by molar-refractivity contribution is 5.09. The van der Waals surface area contributed by atoms with Crippen molar-refractivity contribution >= 4 is 0 Å². The van der Waals surface area contributed by atoms with Crippen molar-refractivity contribution in [1.82, 2.24) is 9.88 Å². The first-order valence-corrected chi connectivity index (χ1v) is 6.21. The van der Waals surface area contributed by atoms with Crippen LogP contribution in [-0.2, 0) is 17.8 Å². The van der Waals surface area contributed by atoms with E-state index in [0.29, 0.717) is 0 Å². The summed E-state index contributed by atoms with van der Waals surface area (Å²) in [4.78, 5) is 0. The number of aromatic nitrogens is 1. The average Bonchev–Trinajstić information content (AvgIpc) is 2.73. The van der Waals surface area contributed by atoms with Crippen LogP contribution in [0.5, 0.6) is 0 Å². The maximum atomic E-state index is 5.03. The summed E-state index contributed by atoms with van der Waals surface area (Å²) in [6, 6.07) is 2.19. The molecular formula is C13H24N2O. The molecule has 3 heteroatoms. The van der Waals surface area contributed by atoms with E-state index in [0.717, 1.165) is 32.7 Å². The van der Waals surface area contributed by atoms with Gasteiger partial charge >= 0.3 is 0 Å². The highest BCUT2D eigenvalue weighted by Gasteiger charge is 1.96. The number of nitrogens with one attached hydrogen (secondary N) is 1. The molecule has 0 aliphatic rings. The monoisotopic (exact) mass is 224 g/mol. The van der Waals surface area contributed by atoms with Crippen LogP contribution in [0.3, 0.4) is 0 Å². The summed E-state index contributed by atoms with van der Waals surface area (Å²) in [5, 5.41) is 3.41. The second kappa shape index (κ2) is 8.36. The highest BCUT2D eigenvalue weighted by Crippen LogP contribution is 2.03. The summed E-state index contributed by atoms with van der Waals surface area (Å²) in [7, 11) is 1.76. The zero-order valence-electron chi connectivity index (χ0n) is 10.5. The van der Waals surface area contributed by atoms with E-state index in [9.17, 15) is 0 Å². The molecule has 92 valence electrons. The number of hydrogen-bond acceptors (Lipinski definition) is 2. The minimum Gasteiger partial charge on any atom is -0.385 e. The van der Waals surface area contributed by atoms with Crippen molar-refractivity contribution in [3.8, 4) is 0 Å². The lowest BCUT2D eigenvalue weighted by atomic mass is 10.3. The van der Waals surface area contributed by atoms with Gasteiger partial charge in [-0.05, 0) is 37.4 Å². The normalized spacial score (nSPS) is 10.9. The van der Waals surface area contributed by atoms with Crippen LogP contribution in [-0.4, -0.2) is 24.8 Å². The third-order valence-corrected chi connectivity index (χ3v) is 2.58. The Hall–Kier alpha value is -0.800. The second-order valence-electron chi connectivity index (χ2n) is 4.13. The zero-order chi connectivity index (χ0) is 11.6. The largest absolute Gasteiger partial charge is 0.385 e. The molecule has 1 rings (SSSR count). The fourth-order valence-corrected chi connectivity index (χ4v) is 1.68. The molecule has 1 aromatic heterocycles. The average molecular weight is 224 g/mol. The van der Waals surface area contributed by atoms with Crippen molar-refractivity contribution in [3.05, 3.63) is 24.0 Å². The highest BCUT2D eigenvalue weighted by atomic mass is 16.5. The Morgan fingerprint density at radius 3 is 3.00 bits per heavy atom. The van der Waals surface area contributed by atoms with Crippen molar-refractivity contribution in [3.63, 3.8) is 0 Å². The van der Waals surface area contributed by atoms with Gasteiger partial charge in [0, 0.05) is 39.2 Å². The molecule has 3 nitrogen and oxygen atoms in total. The number of ether oxygens (including phenoxy) is 1. The minimum atomic E-state index is 0.867. The van der Waals surface area contributed by atoms with Gasteiger partial charge in [0.25, 0.3) is 0 Å². The van der Waals surface area contributed by atoms with Gasteiger partial charge in [0.15, 0.2) is 0 Å². The van der Waals surface area contributed by atoms with Gasteiger partial charge in [0.2, 0.25) is 0 Å². The molecule has 0 aliphatic heterocycles. The molecule has 1 aromatic rings. The summed E-state index contributed by atoms with van der Waals surface area (Å²) < 4.78 is 7.29. The predicted molar refractivity (Wildman–Crippen MR) is 67.5 cm³/mol. The van der Waals surface area contributed by atoms with Gasteiger partial charge in [-0.3, -0.25) is 0 Å². The topological polar surface area (TPSA) is 26.2 Å². The third-order valence-electron chi connectivity index (χ3n) is 2.58. The molecule has 0 bridgehead atoms. The first-order chi connectivity index (χ1) is 7.86. The molecular weight excluding hydrogens is 200 g/mol. The van der Waals surface area contributed by atoms with E-state index < -0.39 is 0 Å². The molecule has 0 aliphatic carbocycles. The molecule has 0 radical (unpaired) electrons. The Balaban J connectivity index is 2.17. The quantitative estimate of drug-likeness (QED) is 0.652. The number of hydrogen-bond donors (Lipinski definition) is 1. The van der Waals surface area contributed by atoms with Crippen molar-refractivity contribution in [2.24, 2.45) is 0 Å². The Kier molecular flexibility index (Phi) is 6.93. The van der Waals surface area contributed by atoms with E-state index in [-0.39, 0.29) is 0 Å². The second-order valence-corrected chi connectivity index (χ2v) is 4.13. The van der Waals surface area contributed by atoms with Crippen LogP contribution < -0.4 is 5.32 Å². The lowest BCUT2D eigenvalue weighted by Crippen LogP contribution is -2.13. The molecule has 0 aromatic carbocycles. The fourth-order valence-electron chi connectivity index (χ4n) is 1.68. The van der Waals surface area contributed by atoms with Crippen molar-refractivity contribution in [2.75, 3.05) is 20.3 Å². The summed E-state index contributed by atoms with van der Waals surface area (Å²) >= 11 is 0. The van der Waals surface area contributed by atoms with E-state index in [1.54, 1.807) is 7.11 Å². The van der Waals surface area contributed by atoms with E-state index >= 15 is 0 Å². The lowest BCUT2D eigenvalue weighted by Gasteiger charge is -2.02. The maximum Gasteiger partial charge on any atom is 0.0462 e. The molecule has 0 unspecified atom stereocenters.